The van der Waals surface area contributed by atoms with Gasteiger partial charge < -0.3 is 17.3 Å². The van der Waals surface area contributed by atoms with E-state index >= 15 is 0 Å². The molecule has 0 atom stereocenters. The largest absolute Gasteiger partial charge is 0.673 e. The number of hydrogen-bond donors (Lipinski definition) is 0. The molecule has 0 aliphatic carbocycles. The van der Waals surface area contributed by atoms with E-state index < -0.39 is 7.25 Å². The van der Waals surface area contributed by atoms with Gasteiger partial charge in [-0.05, 0) is 17.9 Å². The maximum absolute atomic E-state index is 9.75. The third-order valence-corrected chi connectivity index (χ3v) is 4.70. The van der Waals surface area contributed by atoms with E-state index in [1.165, 1.54) is 66.3 Å². The Labute approximate surface area is 152 Å². The van der Waals surface area contributed by atoms with Crippen molar-refractivity contribution in [1.29, 1.82) is 0 Å². The van der Waals surface area contributed by atoms with Crippen molar-refractivity contribution >= 4 is 29.4 Å². The fourth-order valence-electron chi connectivity index (χ4n) is 3.51. The summed E-state index contributed by atoms with van der Waals surface area (Å²) in [4.78, 5) is 0. The third kappa shape index (κ3) is 5.58. The van der Waals surface area contributed by atoms with Crippen LogP contribution in [0.3, 0.4) is 0 Å². The van der Waals surface area contributed by atoms with Crippen LogP contribution in [0.1, 0.15) is 57.9 Å². The predicted octanol–water partition coefficient (Wildman–Crippen LogP) is 6.97. The third-order valence-electron chi connectivity index (χ3n) is 4.70. The van der Waals surface area contributed by atoms with E-state index in [4.69, 9.17) is 0 Å². The SMILES string of the molecule is CCCCCCCC[N+]1=C(C)c2cccc3cccc1c23.F[B-](F)(F)F. The molecular formula is C20H26BF4N. The summed E-state index contributed by atoms with van der Waals surface area (Å²) in [5.74, 6) is 0. The number of halogens is 4. The van der Waals surface area contributed by atoms with Crippen LogP contribution in [-0.2, 0) is 0 Å². The highest BCUT2D eigenvalue weighted by Crippen LogP contribution is 2.35. The van der Waals surface area contributed by atoms with E-state index in [-0.39, 0.29) is 0 Å². The zero-order valence-corrected chi connectivity index (χ0v) is 15.5. The van der Waals surface area contributed by atoms with Gasteiger partial charge in [-0.25, -0.2) is 0 Å². The van der Waals surface area contributed by atoms with Gasteiger partial charge in [0.2, 0.25) is 5.69 Å². The van der Waals surface area contributed by atoms with E-state index in [9.17, 15) is 17.3 Å². The van der Waals surface area contributed by atoms with Crippen LogP contribution in [0.2, 0.25) is 0 Å². The summed E-state index contributed by atoms with van der Waals surface area (Å²) in [5, 5.41) is 2.82. The lowest BCUT2D eigenvalue weighted by Crippen LogP contribution is -2.12. The molecule has 0 saturated heterocycles. The smallest absolute Gasteiger partial charge is 0.418 e. The average Bonchev–Trinajstić information content (AvgIpc) is 2.84. The highest BCUT2D eigenvalue weighted by Gasteiger charge is 2.28. The van der Waals surface area contributed by atoms with Gasteiger partial charge in [-0.1, -0.05) is 56.9 Å². The minimum Gasteiger partial charge on any atom is -0.418 e. The fraction of sp³-hybridized carbons (Fsp3) is 0.450. The molecule has 0 unspecified atom stereocenters. The Morgan fingerprint density at radius 1 is 0.846 bits per heavy atom. The van der Waals surface area contributed by atoms with E-state index in [0.29, 0.717) is 0 Å². The first-order chi connectivity index (χ1) is 12.3. The molecule has 0 spiro atoms. The summed E-state index contributed by atoms with van der Waals surface area (Å²) < 4.78 is 41.5. The van der Waals surface area contributed by atoms with Crippen LogP contribution >= 0.6 is 0 Å². The zero-order chi connectivity index (χ0) is 19.2. The first-order valence-corrected chi connectivity index (χ1v) is 9.33. The van der Waals surface area contributed by atoms with Crippen LogP contribution in [0.25, 0.3) is 10.8 Å². The first kappa shape index (κ1) is 20.5. The molecule has 3 rings (SSSR count). The number of rotatable bonds is 7. The highest BCUT2D eigenvalue weighted by molar-refractivity contribution is 6.50. The van der Waals surface area contributed by atoms with E-state index in [0.717, 1.165) is 6.54 Å². The minimum absolute atomic E-state index is 1.16. The fourth-order valence-corrected chi connectivity index (χ4v) is 3.51. The molecule has 1 nitrogen and oxygen atoms in total. The summed E-state index contributed by atoms with van der Waals surface area (Å²) in [6.45, 7) is 5.71. The Balaban J connectivity index is 0.000000431. The van der Waals surface area contributed by atoms with Crippen molar-refractivity contribution in [2.45, 2.75) is 52.4 Å². The Kier molecular flexibility index (Phi) is 7.24. The van der Waals surface area contributed by atoms with Gasteiger partial charge in [-0.3, -0.25) is 0 Å². The maximum atomic E-state index is 9.75. The second-order valence-electron chi connectivity index (χ2n) is 6.68. The quantitative estimate of drug-likeness (QED) is 0.215. The van der Waals surface area contributed by atoms with Gasteiger partial charge in [0, 0.05) is 19.4 Å². The van der Waals surface area contributed by atoms with E-state index in [1.54, 1.807) is 0 Å². The molecule has 0 aromatic heterocycles. The Morgan fingerprint density at radius 3 is 2.08 bits per heavy atom. The number of benzene rings is 2. The summed E-state index contributed by atoms with van der Waals surface area (Å²) in [6.07, 6.45) is 8.16. The van der Waals surface area contributed by atoms with Gasteiger partial charge in [-0.15, -0.1) is 0 Å². The Morgan fingerprint density at radius 2 is 1.42 bits per heavy atom. The molecule has 1 heterocycles. The van der Waals surface area contributed by atoms with Gasteiger partial charge in [0.15, 0.2) is 5.71 Å². The molecule has 0 amide bonds. The van der Waals surface area contributed by atoms with Gasteiger partial charge in [-0.2, -0.15) is 4.58 Å². The van der Waals surface area contributed by atoms with Crippen molar-refractivity contribution in [3.63, 3.8) is 0 Å². The van der Waals surface area contributed by atoms with E-state index in [2.05, 4.69) is 54.8 Å². The molecule has 0 bridgehead atoms. The van der Waals surface area contributed by atoms with Gasteiger partial charge in [0.1, 0.15) is 6.54 Å². The molecule has 0 radical (unpaired) electrons. The first-order valence-electron chi connectivity index (χ1n) is 9.33. The molecule has 0 saturated carbocycles. The maximum Gasteiger partial charge on any atom is 0.673 e. The Hall–Kier alpha value is -1.85. The van der Waals surface area contributed by atoms with Crippen LogP contribution in [0.15, 0.2) is 36.4 Å². The van der Waals surface area contributed by atoms with Gasteiger partial charge >= 0.3 is 7.25 Å². The molecule has 142 valence electrons. The topological polar surface area (TPSA) is 3.01 Å². The molecule has 2 aromatic rings. The molecule has 26 heavy (non-hydrogen) atoms. The lowest BCUT2D eigenvalue weighted by atomic mass is 10.0. The molecule has 0 N–H and O–H groups in total. The molecule has 6 heteroatoms. The minimum atomic E-state index is -6.00. The van der Waals surface area contributed by atoms with Gasteiger partial charge in [0.05, 0.1) is 10.9 Å². The van der Waals surface area contributed by atoms with E-state index in [1.807, 2.05) is 0 Å². The van der Waals surface area contributed by atoms with Crippen LogP contribution < -0.4 is 0 Å². The van der Waals surface area contributed by atoms with Crippen molar-refractivity contribution in [1.82, 2.24) is 0 Å². The summed E-state index contributed by atoms with van der Waals surface area (Å²) >= 11 is 0. The van der Waals surface area contributed by atoms with Crippen LogP contribution in [-0.4, -0.2) is 24.1 Å². The summed E-state index contributed by atoms with van der Waals surface area (Å²) in [5.41, 5.74) is 4.26. The normalized spacial score (nSPS) is 13.2. The van der Waals surface area contributed by atoms with Crippen molar-refractivity contribution in [3.8, 4) is 0 Å². The van der Waals surface area contributed by atoms with Crippen molar-refractivity contribution in [2.24, 2.45) is 0 Å². The van der Waals surface area contributed by atoms with Crippen molar-refractivity contribution in [2.75, 3.05) is 6.54 Å². The van der Waals surface area contributed by atoms with Crippen molar-refractivity contribution in [3.05, 3.63) is 42.0 Å². The molecule has 2 aromatic carbocycles. The van der Waals surface area contributed by atoms with Crippen LogP contribution in [0.5, 0.6) is 0 Å². The lowest BCUT2D eigenvalue weighted by molar-refractivity contribution is -0.437. The number of nitrogens with zero attached hydrogens (tertiary/aromatic N) is 1. The monoisotopic (exact) mass is 367 g/mol. The number of unbranched alkanes of at least 4 members (excludes halogenated alkanes) is 5. The van der Waals surface area contributed by atoms with Crippen molar-refractivity contribution < 1.29 is 21.8 Å². The summed E-state index contributed by atoms with van der Waals surface area (Å²) in [6, 6.07) is 13.4. The van der Waals surface area contributed by atoms with Gasteiger partial charge in [0.25, 0.3) is 0 Å². The standard InChI is InChI=1S/C20H26N.BF4/c1-3-4-5-6-7-8-15-21-16(2)18-13-9-11-17-12-10-14-19(21)20(17)18;2-1(3,4)5/h9-14H,3-8,15H2,1-2H3;/q+1;-1. The van der Waals surface area contributed by atoms with Crippen LogP contribution in [0, 0.1) is 0 Å². The Bertz CT molecular complexity index is 757. The molecule has 0 fully saturated rings. The summed E-state index contributed by atoms with van der Waals surface area (Å²) in [7, 11) is -6.00. The highest BCUT2D eigenvalue weighted by atomic mass is 19.5. The molecule has 1 aliphatic heterocycles. The van der Waals surface area contributed by atoms with Crippen LogP contribution in [0.4, 0.5) is 23.0 Å². The second-order valence-corrected chi connectivity index (χ2v) is 6.68. The molecular weight excluding hydrogens is 341 g/mol. The number of hydrogen-bond acceptors (Lipinski definition) is 0. The lowest BCUT2D eigenvalue weighted by Gasteiger charge is -2.02. The predicted molar refractivity (Wildman–Crippen MR) is 102 cm³/mol. The second kappa shape index (κ2) is 9.20. The average molecular weight is 367 g/mol. The zero-order valence-electron chi connectivity index (χ0n) is 15.5. The molecule has 1 aliphatic rings.